The van der Waals surface area contributed by atoms with Crippen LogP contribution in [0.1, 0.15) is 26.7 Å². The highest BCUT2D eigenvalue weighted by Crippen LogP contribution is 2.46. The number of hydrogen-bond donors (Lipinski definition) is 0. The Morgan fingerprint density at radius 3 is 1.46 bits per heavy atom. The van der Waals surface area contributed by atoms with Gasteiger partial charge in [-0.15, -0.1) is 22.7 Å². The Labute approximate surface area is 182 Å². The van der Waals surface area contributed by atoms with Crippen molar-refractivity contribution in [2.75, 3.05) is 37.9 Å². The van der Waals surface area contributed by atoms with E-state index in [-0.39, 0.29) is 10.8 Å². The smallest absolute Gasteiger partial charge is 0.171 e. The van der Waals surface area contributed by atoms with E-state index in [9.17, 15) is 0 Å². The molecule has 0 amide bonds. The third-order valence-corrected chi connectivity index (χ3v) is 9.87. The SMILES string of the molecule is CCC1(CC)COc2cscc2OC1.c1scc2c1OCC1(CO2)CSSC1. The van der Waals surface area contributed by atoms with Gasteiger partial charge in [-0.1, -0.05) is 35.4 Å². The van der Waals surface area contributed by atoms with Crippen molar-refractivity contribution in [1.29, 1.82) is 0 Å². The van der Waals surface area contributed by atoms with Gasteiger partial charge in [-0.3, -0.25) is 0 Å². The van der Waals surface area contributed by atoms with Gasteiger partial charge in [0.15, 0.2) is 23.0 Å². The molecule has 3 aliphatic heterocycles. The number of rotatable bonds is 2. The molecule has 2 aromatic heterocycles. The second-order valence-corrected chi connectivity index (χ2v) is 11.5. The Morgan fingerprint density at radius 1 is 0.679 bits per heavy atom. The molecular weight excluding hydrogens is 432 g/mol. The maximum atomic E-state index is 5.78. The molecule has 1 spiro atoms. The predicted molar refractivity (Wildman–Crippen MR) is 121 cm³/mol. The van der Waals surface area contributed by atoms with Crippen LogP contribution in [0.4, 0.5) is 0 Å². The standard InChI is InChI=1S/C11H16O2S.C9H10O2S3/c1-3-11(4-2)7-12-9-5-14-6-10(9)13-8-11;1-7-8(2-12-1)11-4-9(3-10-7)5-13-14-6-9/h5-6H,3-4,7-8H2,1-2H3;1-2H,3-6H2. The van der Waals surface area contributed by atoms with Crippen molar-refractivity contribution < 1.29 is 18.9 Å². The third kappa shape index (κ3) is 4.40. The zero-order valence-corrected chi connectivity index (χ0v) is 19.5. The highest BCUT2D eigenvalue weighted by Gasteiger charge is 2.39. The summed E-state index contributed by atoms with van der Waals surface area (Å²) < 4.78 is 23.1. The summed E-state index contributed by atoms with van der Waals surface area (Å²) in [5, 5.41) is 8.06. The van der Waals surface area contributed by atoms with Gasteiger partial charge in [0.05, 0.1) is 31.8 Å². The van der Waals surface area contributed by atoms with Crippen LogP contribution < -0.4 is 18.9 Å². The number of hydrogen-bond acceptors (Lipinski definition) is 8. The lowest BCUT2D eigenvalue weighted by Gasteiger charge is -2.28. The van der Waals surface area contributed by atoms with Gasteiger partial charge in [-0.05, 0) is 12.8 Å². The molecule has 0 bridgehead atoms. The van der Waals surface area contributed by atoms with Crippen molar-refractivity contribution in [3.63, 3.8) is 0 Å². The Morgan fingerprint density at radius 2 is 1.07 bits per heavy atom. The zero-order valence-electron chi connectivity index (χ0n) is 16.2. The predicted octanol–water partition coefficient (Wildman–Crippen LogP) is 6.23. The first kappa shape index (κ1) is 20.6. The summed E-state index contributed by atoms with van der Waals surface area (Å²) in [6.45, 7) is 7.57. The van der Waals surface area contributed by atoms with Crippen LogP contribution in [0.2, 0.25) is 0 Å². The lowest BCUT2D eigenvalue weighted by molar-refractivity contribution is 0.0944. The second kappa shape index (κ2) is 8.98. The van der Waals surface area contributed by atoms with Gasteiger partial charge in [-0.25, -0.2) is 0 Å². The molecule has 154 valence electrons. The summed E-state index contributed by atoms with van der Waals surface area (Å²) >= 11 is 3.27. The Kier molecular flexibility index (Phi) is 6.60. The maximum Gasteiger partial charge on any atom is 0.171 e. The van der Waals surface area contributed by atoms with E-state index in [0.717, 1.165) is 73.8 Å². The van der Waals surface area contributed by atoms with E-state index in [1.807, 2.05) is 43.1 Å². The number of fused-ring (bicyclic) bond motifs is 2. The average Bonchev–Trinajstić information content (AvgIpc) is 3.44. The fourth-order valence-electron chi connectivity index (χ4n) is 3.17. The Bertz CT molecular complexity index is 665. The van der Waals surface area contributed by atoms with Crippen LogP contribution in [0.25, 0.3) is 0 Å². The van der Waals surface area contributed by atoms with E-state index in [2.05, 4.69) is 13.8 Å². The number of ether oxygens (including phenoxy) is 4. The summed E-state index contributed by atoms with van der Waals surface area (Å²) in [4.78, 5) is 0. The molecule has 0 saturated carbocycles. The molecule has 3 aliphatic rings. The van der Waals surface area contributed by atoms with Crippen LogP contribution in [-0.4, -0.2) is 37.9 Å². The Balaban J connectivity index is 0.000000137. The van der Waals surface area contributed by atoms with Crippen molar-refractivity contribution >= 4 is 44.3 Å². The van der Waals surface area contributed by atoms with Gasteiger partial charge >= 0.3 is 0 Å². The van der Waals surface area contributed by atoms with Crippen LogP contribution in [0.15, 0.2) is 21.5 Å². The molecular formula is C20H26O4S4. The fraction of sp³-hybridized carbons (Fsp3) is 0.600. The zero-order chi connectivity index (χ0) is 19.5. The van der Waals surface area contributed by atoms with Crippen LogP contribution in [-0.2, 0) is 0 Å². The molecule has 28 heavy (non-hydrogen) atoms. The van der Waals surface area contributed by atoms with Crippen LogP contribution >= 0.6 is 44.3 Å². The first-order valence-electron chi connectivity index (χ1n) is 9.56. The maximum absolute atomic E-state index is 5.78. The molecule has 1 saturated heterocycles. The average molecular weight is 459 g/mol. The van der Waals surface area contributed by atoms with Crippen molar-refractivity contribution in [3.8, 4) is 23.0 Å². The minimum absolute atomic E-state index is 0.205. The molecule has 0 unspecified atom stereocenters. The fourth-order valence-corrected chi connectivity index (χ4v) is 7.88. The summed E-state index contributed by atoms with van der Waals surface area (Å²) in [6, 6.07) is 0. The van der Waals surface area contributed by atoms with Crippen LogP contribution in [0.3, 0.4) is 0 Å². The summed E-state index contributed by atoms with van der Waals surface area (Å²) in [7, 11) is 3.86. The minimum Gasteiger partial charge on any atom is -0.488 e. The third-order valence-electron chi connectivity index (χ3n) is 5.64. The van der Waals surface area contributed by atoms with Crippen LogP contribution in [0.5, 0.6) is 23.0 Å². The largest absolute Gasteiger partial charge is 0.488 e. The molecule has 0 radical (unpaired) electrons. The monoisotopic (exact) mass is 458 g/mol. The quantitative estimate of drug-likeness (QED) is 0.497. The van der Waals surface area contributed by atoms with Crippen molar-refractivity contribution in [2.24, 2.45) is 10.8 Å². The van der Waals surface area contributed by atoms with Crippen molar-refractivity contribution in [3.05, 3.63) is 21.5 Å². The van der Waals surface area contributed by atoms with Gasteiger partial charge < -0.3 is 18.9 Å². The van der Waals surface area contributed by atoms with Gasteiger partial charge in [0.1, 0.15) is 0 Å². The molecule has 0 aromatic carbocycles. The molecule has 1 fully saturated rings. The molecule has 0 atom stereocenters. The summed E-state index contributed by atoms with van der Waals surface area (Å²) in [5.41, 5.74) is 0.447. The molecule has 5 rings (SSSR count). The van der Waals surface area contributed by atoms with E-state index < -0.39 is 0 Å². The molecule has 5 heterocycles. The molecule has 0 N–H and O–H groups in total. The molecule has 4 nitrogen and oxygen atoms in total. The van der Waals surface area contributed by atoms with Crippen LogP contribution in [0, 0.1) is 10.8 Å². The first-order chi connectivity index (χ1) is 13.7. The van der Waals surface area contributed by atoms with E-state index >= 15 is 0 Å². The first-order valence-corrected chi connectivity index (χ1v) is 13.9. The normalized spacial score (nSPS) is 21.4. The topological polar surface area (TPSA) is 36.9 Å². The van der Waals surface area contributed by atoms with E-state index in [0.29, 0.717) is 0 Å². The van der Waals surface area contributed by atoms with Gasteiger partial charge in [0.2, 0.25) is 0 Å². The van der Waals surface area contributed by atoms with Crippen molar-refractivity contribution in [1.82, 2.24) is 0 Å². The van der Waals surface area contributed by atoms with Gasteiger partial charge in [0, 0.05) is 38.4 Å². The molecule has 0 aliphatic carbocycles. The summed E-state index contributed by atoms with van der Waals surface area (Å²) in [5.74, 6) is 5.97. The summed E-state index contributed by atoms with van der Waals surface area (Å²) in [6.07, 6.45) is 2.22. The van der Waals surface area contributed by atoms with E-state index in [1.54, 1.807) is 22.7 Å². The molecule has 2 aromatic rings. The lowest BCUT2D eigenvalue weighted by atomic mass is 9.84. The lowest BCUT2D eigenvalue weighted by Crippen LogP contribution is -2.35. The van der Waals surface area contributed by atoms with Gasteiger partial charge in [-0.2, -0.15) is 0 Å². The second-order valence-electron chi connectivity index (χ2n) is 7.59. The highest BCUT2D eigenvalue weighted by atomic mass is 33.1. The van der Waals surface area contributed by atoms with E-state index in [1.165, 1.54) is 0 Å². The van der Waals surface area contributed by atoms with E-state index in [4.69, 9.17) is 18.9 Å². The van der Waals surface area contributed by atoms with Gasteiger partial charge in [0.25, 0.3) is 0 Å². The van der Waals surface area contributed by atoms with Crippen molar-refractivity contribution in [2.45, 2.75) is 26.7 Å². The highest BCUT2D eigenvalue weighted by molar-refractivity contribution is 8.77. The number of thiophene rings is 2. The minimum atomic E-state index is 0.205. The molecule has 8 heteroatoms. The Hall–Kier alpha value is -0.700.